The fourth-order valence-electron chi connectivity index (χ4n) is 2.44. The van der Waals surface area contributed by atoms with E-state index in [2.05, 4.69) is 21.4 Å². The van der Waals surface area contributed by atoms with Crippen LogP contribution in [0.5, 0.6) is 5.75 Å². The van der Waals surface area contributed by atoms with E-state index in [1.807, 2.05) is 36.4 Å². The van der Waals surface area contributed by atoms with Crippen molar-refractivity contribution in [2.24, 2.45) is 5.10 Å². The number of fused-ring (bicyclic) bond motifs is 1. The molecule has 0 fully saturated rings. The smallest absolute Gasteiger partial charge is 0.313 e. The molecule has 0 saturated heterocycles. The minimum atomic E-state index is -0.524. The zero-order valence-electron chi connectivity index (χ0n) is 13.6. The van der Waals surface area contributed by atoms with E-state index in [0.29, 0.717) is 11.3 Å². The van der Waals surface area contributed by atoms with Crippen LogP contribution in [0.4, 0.5) is 11.5 Å². The Morgan fingerprint density at radius 2 is 2.12 bits per heavy atom. The Morgan fingerprint density at radius 3 is 2.92 bits per heavy atom. The van der Waals surface area contributed by atoms with E-state index in [0.717, 1.165) is 10.8 Å². The first-order chi connectivity index (χ1) is 12.7. The number of pyridine rings is 1. The zero-order valence-corrected chi connectivity index (χ0v) is 13.6. The molecule has 7 heteroatoms. The molecule has 3 rings (SSSR count). The number of anilines is 1. The molecule has 3 aromatic rings. The van der Waals surface area contributed by atoms with E-state index < -0.39 is 4.92 Å². The Bertz CT molecular complexity index is 1020. The molecular formula is C19H14N4O3. The van der Waals surface area contributed by atoms with Gasteiger partial charge in [-0.25, -0.2) is 4.98 Å². The average Bonchev–Trinajstić information content (AvgIpc) is 2.67. The SMILES string of the molecule is C#CCOc1ccc2ccccc2c1/C=N\Nc1ncccc1[N+](=O)[O-]. The molecule has 7 nitrogen and oxygen atoms in total. The number of nitro groups is 1. The number of hydrogen-bond acceptors (Lipinski definition) is 6. The van der Waals surface area contributed by atoms with E-state index in [1.54, 1.807) is 0 Å². The summed E-state index contributed by atoms with van der Waals surface area (Å²) in [7, 11) is 0. The molecule has 128 valence electrons. The molecule has 0 unspecified atom stereocenters. The Balaban J connectivity index is 1.96. The second-order valence-electron chi connectivity index (χ2n) is 5.19. The summed E-state index contributed by atoms with van der Waals surface area (Å²) in [4.78, 5) is 14.5. The van der Waals surface area contributed by atoms with E-state index >= 15 is 0 Å². The van der Waals surface area contributed by atoms with Gasteiger partial charge in [-0.3, -0.25) is 15.5 Å². The largest absolute Gasteiger partial charge is 0.480 e. The fourth-order valence-corrected chi connectivity index (χ4v) is 2.44. The molecule has 0 amide bonds. The van der Waals surface area contributed by atoms with Crippen molar-refractivity contribution in [3.05, 3.63) is 70.4 Å². The highest BCUT2D eigenvalue weighted by molar-refractivity contribution is 6.02. The minimum absolute atomic E-state index is 0.0556. The van der Waals surface area contributed by atoms with Gasteiger partial charge in [0.15, 0.2) is 0 Å². The normalized spacial score (nSPS) is 10.6. The zero-order chi connectivity index (χ0) is 18.4. The summed E-state index contributed by atoms with van der Waals surface area (Å²) < 4.78 is 5.58. The van der Waals surface area contributed by atoms with Crippen LogP contribution in [0.25, 0.3) is 10.8 Å². The quantitative estimate of drug-likeness (QED) is 0.319. The molecule has 1 aromatic heterocycles. The third-order valence-corrected chi connectivity index (χ3v) is 3.59. The van der Waals surface area contributed by atoms with Crippen molar-refractivity contribution in [2.75, 3.05) is 12.0 Å². The maximum atomic E-state index is 11.0. The van der Waals surface area contributed by atoms with Crippen LogP contribution in [0, 0.1) is 22.5 Å². The third-order valence-electron chi connectivity index (χ3n) is 3.59. The number of aromatic nitrogens is 1. The van der Waals surface area contributed by atoms with Crippen LogP contribution in [0.15, 0.2) is 59.8 Å². The number of nitrogens with one attached hydrogen (secondary N) is 1. The molecule has 0 atom stereocenters. The first-order valence-electron chi connectivity index (χ1n) is 7.67. The van der Waals surface area contributed by atoms with E-state index in [9.17, 15) is 10.1 Å². The van der Waals surface area contributed by atoms with Crippen LogP contribution in [-0.2, 0) is 0 Å². The maximum Gasteiger partial charge on any atom is 0.313 e. The summed E-state index contributed by atoms with van der Waals surface area (Å²) in [5.74, 6) is 3.05. The van der Waals surface area contributed by atoms with E-state index in [1.165, 1.54) is 24.5 Å². The Morgan fingerprint density at radius 1 is 1.27 bits per heavy atom. The Hall–Kier alpha value is -3.92. The molecule has 0 radical (unpaired) electrons. The van der Waals surface area contributed by atoms with Crippen LogP contribution in [-0.4, -0.2) is 22.7 Å². The van der Waals surface area contributed by atoms with Crippen LogP contribution < -0.4 is 10.2 Å². The van der Waals surface area contributed by atoms with Gasteiger partial charge in [-0.1, -0.05) is 36.3 Å². The molecule has 0 bridgehead atoms. The number of hydrazone groups is 1. The monoisotopic (exact) mass is 346 g/mol. The predicted octanol–water partition coefficient (Wildman–Crippen LogP) is 3.60. The number of rotatable bonds is 6. The summed E-state index contributed by atoms with van der Waals surface area (Å²) in [6, 6.07) is 14.3. The Labute approximate surface area is 149 Å². The molecule has 1 N–H and O–H groups in total. The molecule has 0 saturated carbocycles. The molecular weight excluding hydrogens is 332 g/mol. The number of ether oxygens (including phenoxy) is 1. The number of benzene rings is 2. The van der Waals surface area contributed by atoms with Gasteiger partial charge in [0.05, 0.1) is 11.1 Å². The van der Waals surface area contributed by atoms with Crippen molar-refractivity contribution in [2.45, 2.75) is 0 Å². The number of hydrogen-bond donors (Lipinski definition) is 1. The van der Waals surface area contributed by atoms with Crippen molar-refractivity contribution < 1.29 is 9.66 Å². The average molecular weight is 346 g/mol. The van der Waals surface area contributed by atoms with Gasteiger partial charge in [0.2, 0.25) is 5.82 Å². The number of nitrogens with zero attached hydrogens (tertiary/aromatic N) is 3. The summed E-state index contributed by atoms with van der Waals surface area (Å²) in [6.45, 7) is 0.123. The van der Waals surface area contributed by atoms with Gasteiger partial charge < -0.3 is 4.74 Å². The van der Waals surface area contributed by atoms with Gasteiger partial charge in [0, 0.05) is 17.8 Å². The summed E-state index contributed by atoms with van der Waals surface area (Å²) in [5, 5.41) is 17.1. The lowest BCUT2D eigenvalue weighted by atomic mass is 10.0. The molecule has 26 heavy (non-hydrogen) atoms. The van der Waals surface area contributed by atoms with Gasteiger partial charge in [-0.15, -0.1) is 6.42 Å². The molecule has 2 aromatic carbocycles. The van der Waals surface area contributed by atoms with E-state index in [4.69, 9.17) is 11.2 Å². The van der Waals surface area contributed by atoms with E-state index in [-0.39, 0.29) is 18.1 Å². The van der Waals surface area contributed by atoms with Crippen molar-refractivity contribution >= 4 is 28.5 Å². The highest BCUT2D eigenvalue weighted by Crippen LogP contribution is 2.27. The lowest BCUT2D eigenvalue weighted by Crippen LogP contribution is -2.01. The Kier molecular flexibility index (Phi) is 5.05. The van der Waals surface area contributed by atoms with Crippen molar-refractivity contribution in [3.8, 4) is 18.1 Å². The fraction of sp³-hybridized carbons (Fsp3) is 0.0526. The lowest BCUT2D eigenvalue weighted by molar-refractivity contribution is -0.384. The van der Waals surface area contributed by atoms with Gasteiger partial charge in [-0.05, 0) is 22.9 Å². The molecule has 0 aliphatic heterocycles. The second kappa shape index (κ2) is 7.77. The van der Waals surface area contributed by atoms with Crippen LogP contribution in [0.3, 0.4) is 0 Å². The third kappa shape index (κ3) is 3.60. The van der Waals surface area contributed by atoms with Gasteiger partial charge in [0.1, 0.15) is 12.4 Å². The molecule has 1 heterocycles. The molecule has 0 spiro atoms. The first kappa shape index (κ1) is 16.9. The first-order valence-corrected chi connectivity index (χ1v) is 7.67. The molecule has 0 aliphatic carbocycles. The molecule has 0 aliphatic rings. The minimum Gasteiger partial charge on any atom is -0.480 e. The summed E-state index contributed by atoms with van der Waals surface area (Å²) >= 11 is 0. The van der Waals surface area contributed by atoms with Gasteiger partial charge in [0.25, 0.3) is 0 Å². The number of terminal acetylenes is 1. The summed E-state index contributed by atoms with van der Waals surface area (Å²) in [5.41, 5.74) is 3.16. The van der Waals surface area contributed by atoms with Crippen LogP contribution in [0.1, 0.15) is 5.56 Å². The second-order valence-corrected chi connectivity index (χ2v) is 5.19. The topological polar surface area (TPSA) is 89.7 Å². The van der Waals surface area contributed by atoms with Crippen molar-refractivity contribution in [1.29, 1.82) is 0 Å². The lowest BCUT2D eigenvalue weighted by Gasteiger charge is -2.10. The highest BCUT2D eigenvalue weighted by Gasteiger charge is 2.13. The predicted molar refractivity (Wildman–Crippen MR) is 100 cm³/mol. The van der Waals surface area contributed by atoms with Crippen molar-refractivity contribution in [1.82, 2.24) is 4.98 Å². The highest BCUT2D eigenvalue weighted by atomic mass is 16.6. The van der Waals surface area contributed by atoms with Gasteiger partial charge >= 0.3 is 5.69 Å². The van der Waals surface area contributed by atoms with Crippen molar-refractivity contribution in [3.63, 3.8) is 0 Å². The van der Waals surface area contributed by atoms with Gasteiger partial charge in [-0.2, -0.15) is 5.10 Å². The summed E-state index contributed by atoms with van der Waals surface area (Å²) in [6.07, 6.45) is 8.25. The maximum absolute atomic E-state index is 11.0. The van der Waals surface area contributed by atoms with Crippen LogP contribution >= 0.6 is 0 Å². The standard InChI is InChI=1S/C19H14N4O3/c1-2-12-26-18-10-9-14-6-3-4-7-15(14)16(18)13-21-22-19-17(23(24)25)8-5-11-20-19/h1,3-11,13H,12H2,(H,20,22)/b21-13-. The van der Waals surface area contributed by atoms with Crippen LogP contribution in [0.2, 0.25) is 0 Å².